The van der Waals surface area contributed by atoms with Crippen molar-refractivity contribution >= 4 is 11.0 Å². The Balaban J connectivity index is 2.76. The molecule has 0 N–H and O–H groups in total. The molecule has 0 aliphatic heterocycles. The third kappa shape index (κ3) is 1.70. The lowest BCUT2D eigenvalue weighted by Gasteiger charge is -2.10. The smallest absolute Gasteiger partial charge is 0.116 e. The van der Waals surface area contributed by atoms with Crippen molar-refractivity contribution < 1.29 is 0 Å². The molecule has 3 nitrogen and oxygen atoms in total. The first-order chi connectivity index (χ1) is 7.50. The van der Waals surface area contributed by atoms with Gasteiger partial charge < -0.3 is 0 Å². The molecule has 2 rings (SSSR count). The van der Waals surface area contributed by atoms with E-state index in [9.17, 15) is 0 Å². The molecular formula is C13H19N3. The Morgan fingerprint density at radius 3 is 1.56 bits per heavy atom. The summed E-state index contributed by atoms with van der Waals surface area (Å²) in [6.07, 6.45) is 0. The first kappa shape index (κ1) is 11.1. The van der Waals surface area contributed by atoms with Gasteiger partial charge in [-0.15, -0.1) is 0 Å². The predicted molar refractivity (Wildman–Crippen MR) is 66.7 cm³/mol. The summed E-state index contributed by atoms with van der Waals surface area (Å²) < 4.78 is 0. The number of aromatic nitrogens is 3. The minimum absolute atomic E-state index is 0.486. The molecule has 0 atom stereocenters. The first-order valence-corrected chi connectivity index (χ1v) is 5.84. The Morgan fingerprint density at radius 2 is 1.25 bits per heavy atom. The lowest BCUT2D eigenvalue weighted by atomic mass is 9.95. The van der Waals surface area contributed by atoms with Gasteiger partial charge in [-0.05, 0) is 23.0 Å². The second-order valence-corrected chi connectivity index (χ2v) is 4.94. The molecule has 0 saturated carbocycles. The highest BCUT2D eigenvalue weighted by Crippen LogP contribution is 2.28. The van der Waals surface area contributed by atoms with E-state index in [0.717, 1.165) is 11.0 Å². The second kappa shape index (κ2) is 3.89. The Labute approximate surface area is 96.5 Å². The van der Waals surface area contributed by atoms with E-state index in [2.05, 4.69) is 50.0 Å². The molecule has 0 aliphatic carbocycles. The Morgan fingerprint density at radius 1 is 0.875 bits per heavy atom. The Hall–Kier alpha value is -1.38. The number of hydrogen-bond donors (Lipinski definition) is 0. The quantitative estimate of drug-likeness (QED) is 0.773. The zero-order chi connectivity index (χ0) is 11.9. The lowest BCUT2D eigenvalue weighted by molar-refractivity contribution is 0.663. The molecule has 16 heavy (non-hydrogen) atoms. The molecule has 0 aliphatic rings. The maximum absolute atomic E-state index is 4.48. The highest BCUT2D eigenvalue weighted by Gasteiger charge is 2.14. The SMILES string of the molecule is CC(C)c1ccc(C(C)C)c2nn(C)nc12. The van der Waals surface area contributed by atoms with Gasteiger partial charge in [0.2, 0.25) is 0 Å². The number of aryl methyl sites for hydroxylation is 1. The minimum Gasteiger partial charge on any atom is -0.187 e. The van der Waals surface area contributed by atoms with E-state index >= 15 is 0 Å². The van der Waals surface area contributed by atoms with Crippen molar-refractivity contribution in [2.75, 3.05) is 0 Å². The van der Waals surface area contributed by atoms with Crippen LogP contribution in [0, 0.1) is 0 Å². The van der Waals surface area contributed by atoms with Crippen LogP contribution in [0.4, 0.5) is 0 Å². The van der Waals surface area contributed by atoms with Crippen molar-refractivity contribution in [3.8, 4) is 0 Å². The summed E-state index contributed by atoms with van der Waals surface area (Å²) in [5.74, 6) is 0.973. The van der Waals surface area contributed by atoms with Gasteiger partial charge in [0, 0.05) is 7.05 Å². The van der Waals surface area contributed by atoms with Gasteiger partial charge in [0.25, 0.3) is 0 Å². The van der Waals surface area contributed by atoms with Gasteiger partial charge in [-0.3, -0.25) is 0 Å². The highest BCUT2D eigenvalue weighted by molar-refractivity contribution is 5.82. The topological polar surface area (TPSA) is 30.7 Å². The predicted octanol–water partition coefficient (Wildman–Crippen LogP) is 3.22. The van der Waals surface area contributed by atoms with Crippen molar-refractivity contribution in [1.82, 2.24) is 15.0 Å². The standard InChI is InChI=1S/C13H19N3/c1-8(2)10-6-7-11(9(3)4)13-12(10)14-16(5)15-13/h6-9H,1-5H3. The van der Waals surface area contributed by atoms with Gasteiger partial charge in [-0.2, -0.15) is 15.0 Å². The van der Waals surface area contributed by atoms with E-state index in [-0.39, 0.29) is 0 Å². The Kier molecular flexibility index (Phi) is 2.70. The van der Waals surface area contributed by atoms with Crippen LogP contribution in [0.2, 0.25) is 0 Å². The van der Waals surface area contributed by atoms with Gasteiger partial charge in [-0.25, -0.2) is 0 Å². The van der Waals surface area contributed by atoms with Crippen molar-refractivity contribution in [2.45, 2.75) is 39.5 Å². The van der Waals surface area contributed by atoms with E-state index in [1.807, 2.05) is 7.05 Å². The van der Waals surface area contributed by atoms with Gasteiger partial charge in [0.15, 0.2) is 0 Å². The van der Waals surface area contributed by atoms with E-state index in [4.69, 9.17) is 0 Å². The minimum atomic E-state index is 0.486. The number of rotatable bonds is 2. The van der Waals surface area contributed by atoms with E-state index in [1.165, 1.54) is 11.1 Å². The molecular weight excluding hydrogens is 198 g/mol. The van der Waals surface area contributed by atoms with Gasteiger partial charge in [0.1, 0.15) is 11.0 Å². The fourth-order valence-corrected chi connectivity index (χ4v) is 2.06. The zero-order valence-electron chi connectivity index (χ0n) is 10.7. The summed E-state index contributed by atoms with van der Waals surface area (Å²) in [6, 6.07) is 4.38. The van der Waals surface area contributed by atoms with Crippen LogP contribution in [0.25, 0.3) is 11.0 Å². The van der Waals surface area contributed by atoms with Crippen molar-refractivity contribution in [1.29, 1.82) is 0 Å². The van der Waals surface area contributed by atoms with E-state index in [1.54, 1.807) is 4.80 Å². The Bertz CT molecular complexity index is 464. The molecule has 2 aromatic rings. The highest BCUT2D eigenvalue weighted by atomic mass is 15.4. The zero-order valence-corrected chi connectivity index (χ0v) is 10.7. The van der Waals surface area contributed by atoms with Gasteiger partial charge in [0.05, 0.1) is 0 Å². The maximum Gasteiger partial charge on any atom is 0.116 e. The number of benzene rings is 1. The molecule has 0 amide bonds. The summed E-state index contributed by atoms with van der Waals surface area (Å²) >= 11 is 0. The van der Waals surface area contributed by atoms with Gasteiger partial charge in [-0.1, -0.05) is 39.8 Å². The fraction of sp³-hybridized carbons (Fsp3) is 0.538. The molecule has 0 saturated heterocycles. The van der Waals surface area contributed by atoms with Crippen LogP contribution in [-0.2, 0) is 7.05 Å². The third-order valence-electron chi connectivity index (χ3n) is 2.95. The molecule has 0 spiro atoms. The monoisotopic (exact) mass is 217 g/mol. The molecule has 1 aromatic carbocycles. The summed E-state index contributed by atoms with van der Waals surface area (Å²) in [7, 11) is 1.88. The molecule has 0 fully saturated rings. The van der Waals surface area contributed by atoms with Crippen LogP contribution >= 0.6 is 0 Å². The van der Waals surface area contributed by atoms with E-state index in [0.29, 0.717) is 11.8 Å². The molecule has 0 radical (unpaired) electrons. The van der Waals surface area contributed by atoms with Crippen LogP contribution in [0.5, 0.6) is 0 Å². The van der Waals surface area contributed by atoms with Crippen molar-refractivity contribution in [3.63, 3.8) is 0 Å². The maximum atomic E-state index is 4.48. The fourth-order valence-electron chi connectivity index (χ4n) is 2.06. The molecule has 1 heterocycles. The van der Waals surface area contributed by atoms with Gasteiger partial charge >= 0.3 is 0 Å². The number of fused-ring (bicyclic) bond motifs is 1. The van der Waals surface area contributed by atoms with Crippen LogP contribution in [0.1, 0.15) is 50.7 Å². The lowest BCUT2D eigenvalue weighted by Crippen LogP contribution is -1.94. The normalized spacial score (nSPS) is 11.9. The molecule has 0 unspecified atom stereocenters. The van der Waals surface area contributed by atoms with Crippen LogP contribution in [-0.4, -0.2) is 15.0 Å². The molecule has 86 valence electrons. The molecule has 3 heteroatoms. The summed E-state index contributed by atoms with van der Waals surface area (Å²) in [4.78, 5) is 1.67. The summed E-state index contributed by atoms with van der Waals surface area (Å²) in [5.41, 5.74) is 4.69. The molecule has 1 aromatic heterocycles. The van der Waals surface area contributed by atoms with Crippen LogP contribution in [0.15, 0.2) is 12.1 Å². The van der Waals surface area contributed by atoms with E-state index < -0.39 is 0 Å². The molecule has 0 bridgehead atoms. The number of nitrogens with zero attached hydrogens (tertiary/aromatic N) is 3. The average Bonchev–Trinajstić information content (AvgIpc) is 2.56. The average molecular weight is 217 g/mol. The van der Waals surface area contributed by atoms with Crippen molar-refractivity contribution in [2.24, 2.45) is 7.05 Å². The third-order valence-corrected chi connectivity index (χ3v) is 2.95. The first-order valence-electron chi connectivity index (χ1n) is 5.84. The summed E-state index contributed by atoms with van der Waals surface area (Å²) in [5, 5.41) is 8.97. The van der Waals surface area contributed by atoms with Crippen LogP contribution in [0.3, 0.4) is 0 Å². The second-order valence-electron chi connectivity index (χ2n) is 4.94. The largest absolute Gasteiger partial charge is 0.187 e. The number of hydrogen-bond acceptors (Lipinski definition) is 2. The van der Waals surface area contributed by atoms with Crippen LogP contribution < -0.4 is 0 Å². The van der Waals surface area contributed by atoms with Crippen molar-refractivity contribution in [3.05, 3.63) is 23.3 Å². The summed E-state index contributed by atoms with van der Waals surface area (Å²) in [6.45, 7) is 8.77.